The van der Waals surface area contributed by atoms with Gasteiger partial charge in [0.1, 0.15) is 0 Å². The van der Waals surface area contributed by atoms with E-state index >= 15 is 0 Å². The SMILES string of the molecule is C=CC(C=C)O[SiH2]c1ccccc1C. The Bertz CT molecular complexity index is 312. The molecule has 1 aromatic carbocycles. The summed E-state index contributed by atoms with van der Waals surface area (Å²) < 4.78 is 5.71. The first-order valence-electron chi connectivity index (χ1n) is 4.69. The Hall–Kier alpha value is -1.12. The van der Waals surface area contributed by atoms with Gasteiger partial charge >= 0.3 is 0 Å². The van der Waals surface area contributed by atoms with Gasteiger partial charge in [0.15, 0.2) is 9.76 Å². The molecule has 2 heteroatoms. The molecular formula is C12H16OSi. The highest BCUT2D eigenvalue weighted by atomic mass is 28.2. The normalized spacial score (nSPS) is 11.0. The van der Waals surface area contributed by atoms with Crippen molar-refractivity contribution in [2.24, 2.45) is 0 Å². The van der Waals surface area contributed by atoms with E-state index in [4.69, 9.17) is 4.43 Å². The largest absolute Gasteiger partial charge is 0.409 e. The van der Waals surface area contributed by atoms with Crippen LogP contribution in [0.15, 0.2) is 49.6 Å². The van der Waals surface area contributed by atoms with Crippen molar-refractivity contribution in [2.75, 3.05) is 0 Å². The van der Waals surface area contributed by atoms with Crippen LogP contribution in [0.25, 0.3) is 0 Å². The van der Waals surface area contributed by atoms with E-state index in [-0.39, 0.29) is 6.10 Å². The van der Waals surface area contributed by atoms with Crippen LogP contribution in [0.2, 0.25) is 0 Å². The first-order valence-corrected chi connectivity index (χ1v) is 5.97. The Morgan fingerprint density at radius 2 is 1.93 bits per heavy atom. The molecule has 0 heterocycles. The molecule has 14 heavy (non-hydrogen) atoms. The van der Waals surface area contributed by atoms with Crippen LogP contribution in [-0.2, 0) is 4.43 Å². The molecule has 0 fully saturated rings. The maximum absolute atomic E-state index is 5.71. The van der Waals surface area contributed by atoms with Crippen LogP contribution in [0.4, 0.5) is 0 Å². The van der Waals surface area contributed by atoms with Gasteiger partial charge in [0.25, 0.3) is 0 Å². The lowest BCUT2D eigenvalue weighted by Gasteiger charge is -2.10. The average molecular weight is 204 g/mol. The molecule has 0 aliphatic rings. The zero-order valence-electron chi connectivity index (χ0n) is 8.57. The lowest BCUT2D eigenvalue weighted by molar-refractivity contribution is 0.320. The van der Waals surface area contributed by atoms with Crippen LogP contribution in [0.5, 0.6) is 0 Å². The maximum atomic E-state index is 5.71. The summed E-state index contributed by atoms with van der Waals surface area (Å²) >= 11 is 0. The van der Waals surface area contributed by atoms with Gasteiger partial charge in [-0.3, -0.25) is 0 Å². The molecule has 0 N–H and O–H groups in total. The van der Waals surface area contributed by atoms with Crippen LogP contribution < -0.4 is 5.19 Å². The fraction of sp³-hybridized carbons (Fsp3) is 0.167. The van der Waals surface area contributed by atoms with Crippen LogP contribution in [0.3, 0.4) is 0 Å². The topological polar surface area (TPSA) is 9.23 Å². The number of rotatable bonds is 5. The molecule has 0 aromatic heterocycles. The molecular weight excluding hydrogens is 188 g/mol. The Kier molecular flexibility index (Phi) is 4.36. The van der Waals surface area contributed by atoms with Crippen molar-refractivity contribution in [3.8, 4) is 0 Å². The summed E-state index contributed by atoms with van der Waals surface area (Å²) in [4.78, 5) is 0. The third kappa shape index (κ3) is 2.98. The molecule has 1 aromatic rings. The van der Waals surface area contributed by atoms with Gasteiger partial charge in [0, 0.05) is 0 Å². The van der Waals surface area contributed by atoms with Crippen molar-refractivity contribution < 1.29 is 4.43 Å². The fourth-order valence-corrected chi connectivity index (χ4v) is 2.41. The van der Waals surface area contributed by atoms with Gasteiger partial charge in [-0.15, -0.1) is 13.2 Å². The van der Waals surface area contributed by atoms with E-state index in [1.807, 2.05) is 6.07 Å². The number of hydrogen-bond acceptors (Lipinski definition) is 1. The van der Waals surface area contributed by atoms with Gasteiger partial charge < -0.3 is 4.43 Å². The summed E-state index contributed by atoms with van der Waals surface area (Å²) in [6, 6.07) is 8.34. The second-order valence-corrected chi connectivity index (χ2v) is 4.56. The van der Waals surface area contributed by atoms with E-state index in [0.717, 1.165) is 0 Å². The van der Waals surface area contributed by atoms with Crippen LogP contribution in [0.1, 0.15) is 5.56 Å². The molecule has 0 amide bonds. The quantitative estimate of drug-likeness (QED) is 0.521. The van der Waals surface area contributed by atoms with Crippen molar-refractivity contribution in [3.63, 3.8) is 0 Å². The Morgan fingerprint density at radius 1 is 1.29 bits per heavy atom. The van der Waals surface area contributed by atoms with Gasteiger partial charge in [-0.05, 0) is 12.1 Å². The van der Waals surface area contributed by atoms with Gasteiger partial charge in [0.2, 0.25) is 0 Å². The molecule has 1 nitrogen and oxygen atoms in total. The molecule has 74 valence electrons. The zero-order chi connectivity index (χ0) is 10.4. The molecule has 0 bridgehead atoms. The summed E-state index contributed by atoms with van der Waals surface area (Å²) in [5.74, 6) is 0. The highest BCUT2D eigenvalue weighted by Crippen LogP contribution is 1.96. The second kappa shape index (κ2) is 5.57. The monoisotopic (exact) mass is 204 g/mol. The predicted octanol–water partition coefficient (Wildman–Crippen LogP) is 1.46. The Morgan fingerprint density at radius 3 is 2.50 bits per heavy atom. The third-order valence-electron chi connectivity index (χ3n) is 2.16. The maximum Gasteiger partial charge on any atom is 0.193 e. The molecule has 0 radical (unpaired) electrons. The van der Waals surface area contributed by atoms with Gasteiger partial charge in [-0.1, -0.05) is 42.0 Å². The second-order valence-electron chi connectivity index (χ2n) is 3.17. The van der Waals surface area contributed by atoms with Gasteiger partial charge in [-0.2, -0.15) is 0 Å². The molecule has 0 aliphatic carbocycles. The fourth-order valence-electron chi connectivity index (χ4n) is 1.19. The zero-order valence-corrected chi connectivity index (χ0v) is 9.99. The van der Waals surface area contributed by atoms with Gasteiger partial charge in [-0.25, -0.2) is 0 Å². The predicted molar refractivity (Wildman–Crippen MR) is 64.6 cm³/mol. The smallest absolute Gasteiger partial charge is 0.193 e. The molecule has 0 unspecified atom stereocenters. The average Bonchev–Trinajstić information content (AvgIpc) is 2.22. The standard InChI is InChI=1S/C12H16OSi/c1-4-11(5-2)13-14-12-9-7-6-8-10(12)3/h4-9,11H,1-2,14H2,3H3. The van der Waals surface area contributed by atoms with Crippen LogP contribution in [0, 0.1) is 6.92 Å². The highest BCUT2D eigenvalue weighted by Gasteiger charge is 2.01. The minimum atomic E-state index is -0.652. The van der Waals surface area contributed by atoms with E-state index in [9.17, 15) is 0 Å². The Balaban J connectivity index is 2.57. The number of aryl methyl sites for hydroxylation is 1. The Labute approximate surface area is 88.1 Å². The first-order chi connectivity index (χ1) is 6.77. The summed E-state index contributed by atoms with van der Waals surface area (Å²) in [6.07, 6.45) is 3.55. The lowest BCUT2D eigenvalue weighted by Crippen LogP contribution is -2.23. The summed E-state index contributed by atoms with van der Waals surface area (Å²) in [5, 5.41) is 1.35. The third-order valence-corrected chi connectivity index (χ3v) is 3.81. The van der Waals surface area contributed by atoms with E-state index in [0.29, 0.717) is 0 Å². The molecule has 0 spiro atoms. The first kappa shape index (κ1) is 11.0. The van der Waals surface area contributed by atoms with E-state index in [2.05, 4.69) is 38.3 Å². The molecule has 0 aliphatic heterocycles. The minimum absolute atomic E-state index is 0.00118. The number of benzene rings is 1. The molecule has 1 rings (SSSR count). The lowest BCUT2D eigenvalue weighted by atomic mass is 10.2. The van der Waals surface area contributed by atoms with Crippen molar-refractivity contribution in [3.05, 3.63) is 55.1 Å². The van der Waals surface area contributed by atoms with Crippen LogP contribution in [-0.4, -0.2) is 15.9 Å². The minimum Gasteiger partial charge on any atom is -0.409 e. The van der Waals surface area contributed by atoms with Gasteiger partial charge in [0.05, 0.1) is 6.10 Å². The van der Waals surface area contributed by atoms with Crippen LogP contribution >= 0.6 is 0 Å². The van der Waals surface area contributed by atoms with E-state index in [1.165, 1.54) is 10.8 Å². The highest BCUT2D eigenvalue weighted by molar-refractivity contribution is 6.47. The van der Waals surface area contributed by atoms with Crippen molar-refractivity contribution >= 4 is 14.9 Å². The van der Waals surface area contributed by atoms with E-state index < -0.39 is 9.76 Å². The van der Waals surface area contributed by atoms with Crippen molar-refractivity contribution in [1.29, 1.82) is 0 Å². The summed E-state index contributed by atoms with van der Waals surface area (Å²) in [5.41, 5.74) is 1.31. The summed E-state index contributed by atoms with van der Waals surface area (Å²) in [6.45, 7) is 9.50. The number of hydrogen-bond donors (Lipinski definition) is 0. The molecule has 0 saturated heterocycles. The van der Waals surface area contributed by atoms with Crippen molar-refractivity contribution in [2.45, 2.75) is 13.0 Å². The molecule has 0 atom stereocenters. The summed E-state index contributed by atoms with van der Waals surface area (Å²) in [7, 11) is -0.652. The molecule has 0 saturated carbocycles. The van der Waals surface area contributed by atoms with Crippen molar-refractivity contribution in [1.82, 2.24) is 0 Å². The van der Waals surface area contributed by atoms with E-state index in [1.54, 1.807) is 12.2 Å².